The normalized spacial score (nSPS) is 31.0. The van der Waals surface area contributed by atoms with Crippen molar-refractivity contribution < 1.29 is 80.9 Å². The Morgan fingerprint density at radius 1 is 0.467 bits per heavy atom. The molecule has 0 aromatic carbocycles. The van der Waals surface area contributed by atoms with Gasteiger partial charge in [0.2, 0.25) is 0 Å². The minimum absolute atomic E-state index is 0.269. The van der Waals surface area contributed by atoms with Crippen LogP contribution < -0.4 is 0 Å². The highest BCUT2D eigenvalue weighted by molar-refractivity contribution is 5.69. The van der Waals surface area contributed by atoms with E-state index in [1.54, 1.807) is 0 Å². The second kappa shape index (κ2) is 17.0. The van der Waals surface area contributed by atoms with Crippen LogP contribution in [0.5, 0.6) is 0 Å². The van der Waals surface area contributed by atoms with Gasteiger partial charge in [-0.3, -0.25) is 33.6 Å². The topological polar surface area (TPSA) is 212 Å². The molecular formula is C28H40O17. The summed E-state index contributed by atoms with van der Waals surface area (Å²) in [4.78, 5) is 84.4. The zero-order valence-electron chi connectivity index (χ0n) is 26.3. The Kier molecular flexibility index (Phi) is 14.1. The third-order valence-corrected chi connectivity index (χ3v) is 6.67. The molecule has 0 N–H and O–H groups in total. The van der Waals surface area contributed by atoms with Crippen LogP contribution in [0.25, 0.3) is 0 Å². The van der Waals surface area contributed by atoms with Gasteiger partial charge in [-0.15, -0.1) is 0 Å². The van der Waals surface area contributed by atoms with Crippen molar-refractivity contribution in [2.24, 2.45) is 5.92 Å². The van der Waals surface area contributed by atoms with E-state index in [2.05, 4.69) is 0 Å². The van der Waals surface area contributed by atoms with Crippen LogP contribution in [0, 0.1) is 5.92 Å². The van der Waals surface area contributed by atoms with Crippen LogP contribution in [-0.4, -0.2) is 117 Å². The first-order chi connectivity index (χ1) is 21.0. The zero-order chi connectivity index (χ0) is 34.0. The average molecular weight is 649 g/mol. The SMILES string of the molecule is CO[C@@H]1O[C@@H](COC(C)=O)[C@H](OC(C)=O)[C@@H](C[C@H]2O[C@H](COC(C)=O)[C@@H](OC(C)=O)[C@H](OC(C)=O)[C@H]2OC(C)=O)[C@H]1OC(C)=O. The summed E-state index contributed by atoms with van der Waals surface area (Å²) in [6.45, 7) is 6.93. The van der Waals surface area contributed by atoms with Crippen molar-refractivity contribution in [3.8, 4) is 0 Å². The van der Waals surface area contributed by atoms with Crippen LogP contribution in [0.1, 0.15) is 54.9 Å². The molecule has 2 saturated heterocycles. The second-order valence-corrected chi connectivity index (χ2v) is 10.4. The lowest BCUT2D eigenvalue weighted by Gasteiger charge is -2.48. The highest BCUT2D eigenvalue weighted by atomic mass is 16.7. The third-order valence-electron chi connectivity index (χ3n) is 6.67. The molecule has 0 unspecified atom stereocenters. The maximum Gasteiger partial charge on any atom is 0.303 e. The lowest BCUT2D eigenvalue weighted by Crippen LogP contribution is -2.64. The van der Waals surface area contributed by atoms with Crippen molar-refractivity contribution in [1.82, 2.24) is 0 Å². The maximum absolute atomic E-state index is 12.3. The van der Waals surface area contributed by atoms with Gasteiger partial charge in [0.05, 0.1) is 6.10 Å². The fourth-order valence-electron chi connectivity index (χ4n) is 5.25. The van der Waals surface area contributed by atoms with Gasteiger partial charge in [0.1, 0.15) is 31.5 Å². The predicted molar refractivity (Wildman–Crippen MR) is 143 cm³/mol. The summed E-state index contributed by atoms with van der Waals surface area (Å²) in [6, 6.07) is 0. The van der Waals surface area contributed by atoms with Gasteiger partial charge in [0.25, 0.3) is 0 Å². The molecule has 0 aromatic heterocycles. The van der Waals surface area contributed by atoms with E-state index >= 15 is 0 Å². The summed E-state index contributed by atoms with van der Waals surface area (Å²) >= 11 is 0. The number of methoxy groups -OCH3 is 1. The van der Waals surface area contributed by atoms with Gasteiger partial charge in [0, 0.05) is 61.5 Å². The molecule has 0 saturated carbocycles. The van der Waals surface area contributed by atoms with E-state index < -0.39 is 116 Å². The Labute approximate surface area is 259 Å². The zero-order valence-corrected chi connectivity index (χ0v) is 26.3. The summed E-state index contributed by atoms with van der Waals surface area (Å²) < 4.78 is 55.4. The molecule has 0 amide bonds. The molecule has 0 aromatic rings. The molecular weight excluding hydrogens is 608 g/mol. The smallest absolute Gasteiger partial charge is 0.303 e. The average Bonchev–Trinajstić information content (AvgIpc) is 2.90. The van der Waals surface area contributed by atoms with Crippen molar-refractivity contribution in [1.29, 1.82) is 0 Å². The molecule has 2 heterocycles. The number of carbonyl (C=O) groups excluding carboxylic acids is 7. The molecule has 17 heteroatoms. The molecule has 2 fully saturated rings. The summed E-state index contributed by atoms with van der Waals surface area (Å²) in [5, 5.41) is 0. The molecule has 17 nitrogen and oxygen atoms in total. The second-order valence-electron chi connectivity index (χ2n) is 10.4. The predicted octanol–water partition coefficient (Wildman–Crippen LogP) is -0.0839. The van der Waals surface area contributed by atoms with Gasteiger partial charge in [-0.05, 0) is 6.42 Å². The van der Waals surface area contributed by atoms with E-state index in [9.17, 15) is 33.6 Å². The Morgan fingerprint density at radius 3 is 1.27 bits per heavy atom. The first-order valence-corrected chi connectivity index (χ1v) is 14.0. The Balaban J connectivity index is 2.70. The fraction of sp³-hybridized carbons (Fsp3) is 0.750. The van der Waals surface area contributed by atoms with Gasteiger partial charge >= 0.3 is 41.8 Å². The molecule has 254 valence electrons. The highest BCUT2D eigenvalue weighted by Crippen LogP contribution is 2.39. The number of carbonyl (C=O) groups is 7. The van der Waals surface area contributed by atoms with E-state index in [-0.39, 0.29) is 6.42 Å². The van der Waals surface area contributed by atoms with Crippen LogP contribution in [0.2, 0.25) is 0 Å². The molecule has 45 heavy (non-hydrogen) atoms. The first kappa shape index (κ1) is 37.4. The van der Waals surface area contributed by atoms with E-state index in [1.165, 1.54) is 7.11 Å². The minimum atomic E-state index is -1.47. The fourth-order valence-corrected chi connectivity index (χ4v) is 5.25. The maximum atomic E-state index is 12.3. The van der Waals surface area contributed by atoms with Gasteiger partial charge in [-0.2, -0.15) is 0 Å². The molecule has 2 aliphatic rings. The van der Waals surface area contributed by atoms with Crippen molar-refractivity contribution in [2.75, 3.05) is 20.3 Å². The number of rotatable bonds is 12. The Bertz CT molecular complexity index is 1100. The van der Waals surface area contributed by atoms with E-state index in [0.717, 1.165) is 48.5 Å². The molecule has 10 atom stereocenters. The van der Waals surface area contributed by atoms with E-state index in [1.807, 2.05) is 0 Å². The first-order valence-electron chi connectivity index (χ1n) is 14.0. The van der Waals surface area contributed by atoms with Gasteiger partial charge in [0.15, 0.2) is 30.7 Å². The molecule has 0 radical (unpaired) electrons. The van der Waals surface area contributed by atoms with Crippen molar-refractivity contribution >= 4 is 41.8 Å². The Hall–Kier alpha value is -3.83. The number of hydrogen-bond donors (Lipinski definition) is 0. The van der Waals surface area contributed by atoms with Gasteiger partial charge in [-0.25, -0.2) is 0 Å². The van der Waals surface area contributed by atoms with Crippen LogP contribution >= 0.6 is 0 Å². The molecule has 0 spiro atoms. The van der Waals surface area contributed by atoms with Crippen molar-refractivity contribution in [3.63, 3.8) is 0 Å². The quantitative estimate of drug-likeness (QED) is 0.200. The van der Waals surface area contributed by atoms with Crippen molar-refractivity contribution in [2.45, 2.75) is 110 Å². The third kappa shape index (κ3) is 11.2. The van der Waals surface area contributed by atoms with Crippen LogP contribution in [0.4, 0.5) is 0 Å². The molecule has 2 aliphatic heterocycles. The van der Waals surface area contributed by atoms with Crippen LogP contribution in [0.3, 0.4) is 0 Å². The van der Waals surface area contributed by atoms with Gasteiger partial charge < -0.3 is 47.4 Å². The van der Waals surface area contributed by atoms with Crippen LogP contribution in [-0.2, 0) is 80.9 Å². The standard InChI is InChI=1S/C28H40O17/c1-12(29)37-10-21-23(39-14(3)31)19(24(40-15(4)32)28(36-8)45-21)9-20-25(41-16(5)33)27(43-18(7)35)26(42-17(6)34)22(44-20)11-38-13(2)30/h19-28H,9-11H2,1-8H3/t19-,20-,21+,22-,23-,24-,25+,26-,27-,28-/m1/s1. The summed E-state index contributed by atoms with van der Waals surface area (Å²) in [7, 11) is 1.27. The minimum Gasteiger partial charge on any atom is -0.463 e. The Morgan fingerprint density at radius 2 is 0.844 bits per heavy atom. The summed E-state index contributed by atoms with van der Waals surface area (Å²) in [5.74, 6) is -6.40. The monoisotopic (exact) mass is 648 g/mol. The summed E-state index contributed by atoms with van der Waals surface area (Å²) in [6.07, 6.45) is -12.0. The van der Waals surface area contributed by atoms with Crippen molar-refractivity contribution in [3.05, 3.63) is 0 Å². The largest absolute Gasteiger partial charge is 0.463 e. The van der Waals surface area contributed by atoms with E-state index in [4.69, 9.17) is 47.4 Å². The lowest BCUT2D eigenvalue weighted by atomic mass is 9.80. The number of hydrogen-bond acceptors (Lipinski definition) is 17. The lowest BCUT2D eigenvalue weighted by molar-refractivity contribution is -0.299. The molecule has 0 bridgehead atoms. The van der Waals surface area contributed by atoms with Gasteiger partial charge in [-0.1, -0.05) is 0 Å². The number of esters is 7. The highest BCUT2D eigenvalue weighted by Gasteiger charge is 2.56. The van der Waals surface area contributed by atoms with E-state index in [0.29, 0.717) is 0 Å². The molecule has 2 rings (SSSR count). The van der Waals surface area contributed by atoms with Crippen LogP contribution in [0.15, 0.2) is 0 Å². The molecule has 0 aliphatic carbocycles. The summed E-state index contributed by atoms with van der Waals surface area (Å²) in [5.41, 5.74) is 0. The number of ether oxygens (including phenoxy) is 10.